The van der Waals surface area contributed by atoms with E-state index in [2.05, 4.69) is 29.6 Å². The number of nitrogens with zero attached hydrogens (tertiary/aromatic N) is 1. The number of hydrogen-bond donors (Lipinski definition) is 1. The number of hydrogen-bond acceptors (Lipinski definition) is 4. The molecule has 0 atom stereocenters. The Balaban J connectivity index is 1.51. The van der Waals surface area contributed by atoms with Crippen molar-refractivity contribution in [1.82, 2.24) is 5.32 Å². The first-order valence-corrected chi connectivity index (χ1v) is 9.58. The van der Waals surface area contributed by atoms with Crippen LogP contribution < -0.4 is 15.0 Å². The van der Waals surface area contributed by atoms with Crippen LogP contribution in [0.25, 0.3) is 0 Å². The quantitative estimate of drug-likeness (QED) is 0.607. The van der Waals surface area contributed by atoms with Crippen molar-refractivity contribution in [3.05, 3.63) is 53.1 Å². The van der Waals surface area contributed by atoms with Gasteiger partial charge in [-0.3, -0.25) is 14.5 Å². The van der Waals surface area contributed by atoms with Gasteiger partial charge in [-0.25, -0.2) is 0 Å². The molecular weight excluding hydrogens is 372 g/mol. The summed E-state index contributed by atoms with van der Waals surface area (Å²) in [5.41, 5.74) is 1.75. The number of ether oxygens (including phenoxy) is 1. The molecule has 1 N–H and O–H groups in total. The van der Waals surface area contributed by atoms with Gasteiger partial charge in [0.05, 0.1) is 5.69 Å². The average Bonchev–Trinajstić information content (AvgIpc) is 2.63. The Morgan fingerprint density at radius 1 is 1.27 bits per heavy atom. The van der Waals surface area contributed by atoms with E-state index in [1.54, 1.807) is 30.0 Å². The zero-order valence-electron chi connectivity index (χ0n) is 14.3. The Hall–Kier alpha value is -2.18. The van der Waals surface area contributed by atoms with E-state index >= 15 is 0 Å². The lowest BCUT2D eigenvalue weighted by Crippen LogP contribution is -2.45. The molecule has 0 radical (unpaired) electrons. The molecule has 1 aliphatic heterocycles. The Kier molecular flexibility index (Phi) is 6.06. The number of carbonyl (C=O) groups excluding carboxylic acids is 2. The van der Waals surface area contributed by atoms with Crippen molar-refractivity contribution < 1.29 is 14.3 Å². The average molecular weight is 391 g/mol. The maximum absolute atomic E-state index is 12.2. The highest BCUT2D eigenvalue weighted by Gasteiger charge is 2.27. The second kappa shape index (κ2) is 8.47. The lowest BCUT2D eigenvalue weighted by atomic mass is 10.2. The van der Waals surface area contributed by atoms with Gasteiger partial charge in [-0.2, -0.15) is 0 Å². The van der Waals surface area contributed by atoms with Crippen LogP contribution in [0.15, 0.2) is 47.4 Å². The van der Waals surface area contributed by atoms with Crippen LogP contribution in [0.4, 0.5) is 5.69 Å². The normalized spacial score (nSPS) is 13.2. The van der Waals surface area contributed by atoms with Gasteiger partial charge in [-0.05, 0) is 37.3 Å². The highest BCUT2D eigenvalue weighted by atomic mass is 35.5. The van der Waals surface area contributed by atoms with E-state index in [1.165, 1.54) is 10.5 Å². The van der Waals surface area contributed by atoms with Gasteiger partial charge in [0.2, 0.25) is 5.91 Å². The zero-order valence-corrected chi connectivity index (χ0v) is 15.9. The Morgan fingerprint density at radius 3 is 2.81 bits per heavy atom. The van der Waals surface area contributed by atoms with E-state index in [0.29, 0.717) is 23.0 Å². The molecule has 3 rings (SSSR count). The fourth-order valence-electron chi connectivity index (χ4n) is 2.54. The number of fused-ring (bicyclic) bond motifs is 1. The van der Waals surface area contributed by atoms with E-state index in [4.69, 9.17) is 16.3 Å². The second-order valence-electron chi connectivity index (χ2n) is 5.89. The van der Waals surface area contributed by atoms with Crippen LogP contribution in [0.1, 0.15) is 5.56 Å². The molecule has 1 aliphatic rings. The molecule has 136 valence electrons. The van der Waals surface area contributed by atoms with Crippen molar-refractivity contribution in [3.63, 3.8) is 0 Å². The molecule has 0 aromatic heterocycles. The minimum Gasteiger partial charge on any atom is -0.482 e. The van der Waals surface area contributed by atoms with Crippen molar-refractivity contribution >= 4 is 40.9 Å². The maximum atomic E-state index is 12.2. The summed E-state index contributed by atoms with van der Waals surface area (Å²) in [6.07, 6.45) is 0. The topological polar surface area (TPSA) is 58.6 Å². The van der Waals surface area contributed by atoms with Crippen LogP contribution in [0, 0.1) is 6.92 Å². The molecule has 26 heavy (non-hydrogen) atoms. The van der Waals surface area contributed by atoms with Crippen LogP contribution in [0.2, 0.25) is 5.02 Å². The van der Waals surface area contributed by atoms with Crippen molar-refractivity contribution in [2.24, 2.45) is 0 Å². The number of aryl methyl sites for hydroxylation is 1. The predicted octanol–water partition coefficient (Wildman–Crippen LogP) is 3.28. The van der Waals surface area contributed by atoms with Gasteiger partial charge >= 0.3 is 0 Å². The molecule has 1 heterocycles. The van der Waals surface area contributed by atoms with Crippen LogP contribution in [0.5, 0.6) is 5.75 Å². The molecule has 0 unspecified atom stereocenters. The molecule has 2 aromatic carbocycles. The fourth-order valence-corrected chi connectivity index (χ4v) is 3.48. The third-order valence-electron chi connectivity index (χ3n) is 3.88. The van der Waals surface area contributed by atoms with Crippen LogP contribution >= 0.6 is 23.4 Å². The molecule has 0 spiro atoms. The summed E-state index contributed by atoms with van der Waals surface area (Å²) in [6, 6.07) is 13.3. The smallest absolute Gasteiger partial charge is 0.265 e. The largest absolute Gasteiger partial charge is 0.482 e. The molecule has 0 aliphatic carbocycles. The van der Waals surface area contributed by atoms with Gasteiger partial charge in [0.25, 0.3) is 5.91 Å². The van der Waals surface area contributed by atoms with Gasteiger partial charge < -0.3 is 10.1 Å². The summed E-state index contributed by atoms with van der Waals surface area (Å²) in [7, 11) is 0. The molecule has 0 saturated carbocycles. The SMILES string of the molecule is Cc1ccc(SCCNC(=O)CN2C(=O)COc3ccc(Cl)cc32)cc1. The molecular formula is C19H19ClN2O3S. The van der Waals surface area contributed by atoms with Crippen molar-refractivity contribution in [2.45, 2.75) is 11.8 Å². The monoisotopic (exact) mass is 390 g/mol. The lowest BCUT2D eigenvalue weighted by Gasteiger charge is -2.29. The first-order chi connectivity index (χ1) is 12.5. The van der Waals surface area contributed by atoms with E-state index in [0.717, 1.165) is 10.6 Å². The van der Waals surface area contributed by atoms with Gasteiger partial charge in [0, 0.05) is 22.2 Å². The number of rotatable bonds is 6. The molecule has 0 fully saturated rings. The Morgan fingerprint density at radius 2 is 2.04 bits per heavy atom. The molecule has 5 nitrogen and oxygen atoms in total. The van der Waals surface area contributed by atoms with Gasteiger partial charge in [-0.15, -0.1) is 11.8 Å². The number of anilines is 1. The molecule has 0 saturated heterocycles. The summed E-state index contributed by atoms with van der Waals surface area (Å²) in [4.78, 5) is 26.9. The van der Waals surface area contributed by atoms with E-state index in [9.17, 15) is 9.59 Å². The lowest BCUT2D eigenvalue weighted by molar-refractivity contribution is -0.125. The van der Waals surface area contributed by atoms with Crippen molar-refractivity contribution in [1.29, 1.82) is 0 Å². The van der Waals surface area contributed by atoms with Gasteiger partial charge in [0.1, 0.15) is 12.3 Å². The molecule has 2 amide bonds. The first-order valence-electron chi connectivity index (χ1n) is 8.22. The summed E-state index contributed by atoms with van der Waals surface area (Å²) in [5, 5.41) is 3.34. The third-order valence-corrected chi connectivity index (χ3v) is 5.13. The summed E-state index contributed by atoms with van der Waals surface area (Å²) < 4.78 is 5.37. The third kappa shape index (κ3) is 4.71. The van der Waals surface area contributed by atoms with Crippen molar-refractivity contribution in [2.75, 3.05) is 30.3 Å². The fraction of sp³-hybridized carbons (Fsp3) is 0.263. The predicted molar refractivity (Wildman–Crippen MR) is 104 cm³/mol. The van der Waals surface area contributed by atoms with Gasteiger partial charge in [-0.1, -0.05) is 29.3 Å². The van der Waals surface area contributed by atoms with E-state index in [-0.39, 0.29) is 25.0 Å². The van der Waals surface area contributed by atoms with Crippen LogP contribution in [-0.2, 0) is 9.59 Å². The standard InChI is InChI=1S/C19H19ClN2O3S/c1-13-2-5-15(6-3-13)26-9-8-21-18(23)11-22-16-10-14(20)4-7-17(16)25-12-19(22)24/h2-7,10H,8-9,11-12H2,1H3,(H,21,23). The van der Waals surface area contributed by atoms with Crippen LogP contribution in [-0.4, -0.2) is 37.3 Å². The number of halogens is 1. The maximum Gasteiger partial charge on any atom is 0.265 e. The highest BCUT2D eigenvalue weighted by molar-refractivity contribution is 7.99. The van der Waals surface area contributed by atoms with Gasteiger partial charge in [0.15, 0.2) is 6.61 Å². The zero-order chi connectivity index (χ0) is 18.5. The Labute approximate surface area is 161 Å². The van der Waals surface area contributed by atoms with Crippen molar-refractivity contribution in [3.8, 4) is 5.75 Å². The number of carbonyl (C=O) groups is 2. The number of nitrogens with one attached hydrogen (secondary N) is 1. The summed E-state index contributed by atoms with van der Waals surface area (Å²) in [6.45, 7) is 2.45. The minimum absolute atomic E-state index is 0.0509. The number of thioether (sulfide) groups is 1. The molecule has 0 bridgehead atoms. The number of benzene rings is 2. The second-order valence-corrected chi connectivity index (χ2v) is 7.50. The number of amides is 2. The molecule has 7 heteroatoms. The van der Waals surface area contributed by atoms with E-state index < -0.39 is 0 Å². The molecule has 2 aromatic rings. The Bertz CT molecular complexity index is 811. The first kappa shape index (κ1) is 18.6. The van der Waals surface area contributed by atoms with Crippen LogP contribution in [0.3, 0.4) is 0 Å². The minimum atomic E-state index is -0.260. The summed E-state index contributed by atoms with van der Waals surface area (Å²) >= 11 is 7.68. The highest BCUT2D eigenvalue weighted by Crippen LogP contribution is 2.34. The van der Waals surface area contributed by atoms with E-state index in [1.807, 2.05) is 6.92 Å². The summed E-state index contributed by atoms with van der Waals surface area (Å²) in [5.74, 6) is 0.838.